The fourth-order valence-electron chi connectivity index (χ4n) is 1.50. The number of rotatable bonds is 4. The van der Waals surface area contributed by atoms with E-state index in [4.69, 9.17) is 5.26 Å². The normalized spacial score (nSPS) is 14.1. The Morgan fingerprint density at radius 1 is 1.59 bits per heavy atom. The number of nitriles is 1. The van der Waals surface area contributed by atoms with Crippen LogP contribution < -0.4 is 5.32 Å². The van der Waals surface area contributed by atoms with E-state index in [0.717, 1.165) is 23.3 Å². The summed E-state index contributed by atoms with van der Waals surface area (Å²) >= 11 is 1.51. The highest BCUT2D eigenvalue weighted by atomic mass is 32.2. The van der Waals surface area contributed by atoms with Gasteiger partial charge in [0.1, 0.15) is 0 Å². The number of amides is 1. The fourth-order valence-corrected chi connectivity index (χ4v) is 2.30. The van der Waals surface area contributed by atoms with Gasteiger partial charge in [0.15, 0.2) is 0 Å². The number of hydrogen-bond donors (Lipinski definition) is 1. The molecule has 0 aromatic heterocycles. The molecular formula is C13H14N2OS. The first-order valence-corrected chi connectivity index (χ1v) is 6.60. The molecule has 0 aliphatic heterocycles. The maximum Gasteiger partial charge on any atom is 0.230 e. The van der Waals surface area contributed by atoms with Crippen molar-refractivity contribution in [2.45, 2.75) is 30.7 Å². The zero-order valence-electron chi connectivity index (χ0n) is 9.69. The molecule has 1 aromatic rings. The number of benzene rings is 1. The van der Waals surface area contributed by atoms with Crippen LogP contribution in [0.5, 0.6) is 0 Å². The molecule has 0 atom stereocenters. The quantitative estimate of drug-likeness (QED) is 0.829. The van der Waals surface area contributed by atoms with Crippen LogP contribution in [-0.2, 0) is 4.79 Å². The Morgan fingerprint density at radius 3 is 2.94 bits per heavy atom. The third kappa shape index (κ3) is 3.50. The third-order valence-corrected chi connectivity index (χ3v) is 3.62. The van der Waals surface area contributed by atoms with Crippen LogP contribution in [0.4, 0.5) is 0 Å². The predicted molar refractivity (Wildman–Crippen MR) is 67.8 cm³/mol. The SMILES string of the molecule is Cc1cc(SCC(=O)NC2CC2)ccc1C#N. The van der Waals surface area contributed by atoms with Crippen molar-refractivity contribution in [2.75, 3.05) is 5.75 Å². The van der Waals surface area contributed by atoms with Crippen LogP contribution >= 0.6 is 11.8 Å². The Kier molecular flexibility index (Phi) is 3.70. The summed E-state index contributed by atoms with van der Waals surface area (Å²) in [5, 5.41) is 11.8. The maximum absolute atomic E-state index is 11.5. The molecule has 1 saturated carbocycles. The molecule has 1 aliphatic rings. The molecule has 3 nitrogen and oxygen atoms in total. The molecule has 88 valence electrons. The van der Waals surface area contributed by atoms with E-state index < -0.39 is 0 Å². The molecule has 17 heavy (non-hydrogen) atoms. The molecule has 1 amide bonds. The second-order valence-electron chi connectivity index (χ2n) is 4.22. The molecule has 1 aromatic carbocycles. The molecule has 0 spiro atoms. The van der Waals surface area contributed by atoms with E-state index >= 15 is 0 Å². The number of nitrogens with zero attached hydrogens (tertiary/aromatic N) is 1. The van der Waals surface area contributed by atoms with E-state index in [-0.39, 0.29) is 5.91 Å². The van der Waals surface area contributed by atoms with Gasteiger partial charge in [-0.15, -0.1) is 11.8 Å². The third-order valence-electron chi connectivity index (χ3n) is 2.63. The van der Waals surface area contributed by atoms with Gasteiger partial charge in [0, 0.05) is 10.9 Å². The van der Waals surface area contributed by atoms with Gasteiger partial charge < -0.3 is 5.32 Å². The highest BCUT2D eigenvalue weighted by molar-refractivity contribution is 8.00. The summed E-state index contributed by atoms with van der Waals surface area (Å²) in [7, 11) is 0. The van der Waals surface area contributed by atoms with E-state index in [1.165, 1.54) is 11.8 Å². The number of thioether (sulfide) groups is 1. The Hall–Kier alpha value is -1.47. The molecule has 2 rings (SSSR count). The highest BCUT2D eigenvalue weighted by Crippen LogP contribution is 2.22. The van der Waals surface area contributed by atoms with Crippen LogP contribution in [0.25, 0.3) is 0 Å². The van der Waals surface area contributed by atoms with Crippen LogP contribution in [0.1, 0.15) is 24.0 Å². The lowest BCUT2D eigenvalue weighted by Crippen LogP contribution is -2.26. The Bertz CT molecular complexity index is 475. The lowest BCUT2D eigenvalue weighted by molar-refractivity contribution is -0.118. The van der Waals surface area contributed by atoms with Gasteiger partial charge in [-0.1, -0.05) is 0 Å². The van der Waals surface area contributed by atoms with Gasteiger partial charge in [-0.2, -0.15) is 5.26 Å². The zero-order valence-corrected chi connectivity index (χ0v) is 10.5. The van der Waals surface area contributed by atoms with Crippen molar-refractivity contribution < 1.29 is 4.79 Å². The topological polar surface area (TPSA) is 52.9 Å². The summed E-state index contributed by atoms with van der Waals surface area (Å²) in [6.07, 6.45) is 2.23. The van der Waals surface area contributed by atoms with E-state index in [9.17, 15) is 4.79 Å². The molecule has 1 aliphatic carbocycles. The first-order valence-electron chi connectivity index (χ1n) is 5.62. The molecule has 1 fully saturated rings. The molecule has 1 N–H and O–H groups in total. The second kappa shape index (κ2) is 5.24. The summed E-state index contributed by atoms with van der Waals surface area (Å²) in [6, 6.07) is 8.20. The summed E-state index contributed by atoms with van der Waals surface area (Å²) in [4.78, 5) is 12.5. The maximum atomic E-state index is 11.5. The molecule has 0 heterocycles. The lowest BCUT2D eigenvalue weighted by Gasteiger charge is -2.04. The van der Waals surface area contributed by atoms with Gasteiger partial charge in [0.2, 0.25) is 5.91 Å². The van der Waals surface area contributed by atoms with E-state index in [1.807, 2.05) is 19.1 Å². The van der Waals surface area contributed by atoms with Crippen LogP contribution in [0.15, 0.2) is 23.1 Å². The number of carbonyl (C=O) groups is 1. The minimum Gasteiger partial charge on any atom is -0.353 e. The summed E-state index contributed by atoms with van der Waals surface area (Å²) in [6.45, 7) is 1.91. The van der Waals surface area contributed by atoms with Crippen molar-refractivity contribution >= 4 is 17.7 Å². The molecule has 0 bridgehead atoms. The fraction of sp³-hybridized carbons (Fsp3) is 0.385. The molecule has 0 radical (unpaired) electrons. The molecule has 0 unspecified atom stereocenters. The Balaban J connectivity index is 1.88. The van der Waals surface area contributed by atoms with Crippen molar-refractivity contribution in [3.05, 3.63) is 29.3 Å². The van der Waals surface area contributed by atoms with E-state index in [2.05, 4.69) is 11.4 Å². The first-order chi connectivity index (χ1) is 8.19. The van der Waals surface area contributed by atoms with Crippen molar-refractivity contribution in [1.29, 1.82) is 5.26 Å². The average molecular weight is 246 g/mol. The zero-order chi connectivity index (χ0) is 12.3. The minimum absolute atomic E-state index is 0.0968. The summed E-state index contributed by atoms with van der Waals surface area (Å²) in [5.74, 6) is 0.543. The van der Waals surface area contributed by atoms with Crippen molar-refractivity contribution in [3.63, 3.8) is 0 Å². The van der Waals surface area contributed by atoms with Crippen LogP contribution in [0.3, 0.4) is 0 Å². The largest absolute Gasteiger partial charge is 0.353 e. The van der Waals surface area contributed by atoms with Gasteiger partial charge in [-0.3, -0.25) is 4.79 Å². The standard InChI is InChI=1S/C13H14N2OS/c1-9-6-12(5-2-10(9)7-14)17-8-13(16)15-11-3-4-11/h2,5-6,11H,3-4,8H2,1H3,(H,15,16). The predicted octanol–water partition coefficient (Wildman–Crippen LogP) is 2.24. The van der Waals surface area contributed by atoms with Gasteiger partial charge >= 0.3 is 0 Å². The van der Waals surface area contributed by atoms with Crippen LogP contribution in [0, 0.1) is 18.3 Å². The number of nitrogens with one attached hydrogen (secondary N) is 1. The lowest BCUT2D eigenvalue weighted by atomic mass is 10.1. The van der Waals surface area contributed by atoms with Crippen LogP contribution in [-0.4, -0.2) is 17.7 Å². The van der Waals surface area contributed by atoms with Gasteiger partial charge in [-0.05, 0) is 43.5 Å². The average Bonchev–Trinajstić information content (AvgIpc) is 3.10. The van der Waals surface area contributed by atoms with E-state index in [0.29, 0.717) is 17.4 Å². The number of carbonyl (C=O) groups excluding carboxylic acids is 1. The molecule has 4 heteroatoms. The summed E-state index contributed by atoms with van der Waals surface area (Å²) < 4.78 is 0. The van der Waals surface area contributed by atoms with Gasteiger partial charge in [0.05, 0.1) is 17.4 Å². The Morgan fingerprint density at radius 2 is 2.35 bits per heavy atom. The number of aryl methyl sites for hydroxylation is 1. The Labute approximate surface area is 105 Å². The van der Waals surface area contributed by atoms with Crippen molar-refractivity contribution in [2.24, 2.45) is 0 Å². The monoisotopic (exact) mass is 246 g/mol. The van der Waals surface area contributed by atoms with Gasteiger partial charge in [-0.25, -0.2) is 0 Å². The smallest absolute Gasteiger partial charge is 0.230 e. The van der Waals surface area contributed by atoms with Crippen LogP contribution in [0.2, 0.25) is 0 Å². The highest BCUT2D eigenvalue weighted by Gasteiger charge is 2.22. The van der Waals surface area contributed by atoms with Crippen molar-refractivity contribution in [3.8, 4) is 6.07 Å². The molecular weight excluding hydrogens is 232 g/mol. The minimum atomic E-state index is 0.0968. The first kappa shape index (κ1) is 12.0. The van der Waals surface area contributed by atoms with Crippen molar-refractivity contribution in [1.82, 2.24) is 5.32 Å². The van der Waals surface area contributed by atoms with E-state index in [1.54, 1.807) is 6.07 Å². The molecule has 0 saturated heterocycles. The number of hydrogen-bond acceptors (Lipinski definition) is 3. The van der Waals surface area contributed by atoms with Gasteiger partial charge in [0.25, 0.3) is 0 Å². The second-order valence-corrected chi connectivity index (χ2v) is 5.27. The summed E-state index contributed by atoms with van der Waals surface area (Å²) in [5.41, 5.74) is 1.65.